The standard InChI is InChI=1S/C10H7N5O/c11-10-14-8-6-7(2-1-5-13-15-12)3-4-9(8)16-10/h3-4,6H,5H2,(H2,11,14). The number of nitrogens with two attached hydrogens (primary N) is 1. The molecule has 0 bridgehead atoms. The minimum atomic E-state index is 0.134. The molecule has 78 valence electrons. The molecular formula is C10H7N5O. The van der Waals surface area contributed by atoms with Crippen molar-refractivity contribution in [1.29, 1.82) is 0 Å². The summed E-state index contributed by atoms with van der Waals surface area (Å²) in [6.07, 6.45) is 0. The molecule has 0 unspecified atom stereocenters. The van der Waals surface area contributed by atoms with Gasteiger partial charge in [-0.15, -0.1) is 0 Å². The maximum Gasteiger partial charge on any atom is 0.292 e. The van der Waals surface area contributed by atoms with E-state index < -0.39 is 0 Å². The first kappa shape index (κ1) is 9.90. The van der Waals surface area contributed by atoms with E-state index in [0.29, 0.717) is 11.1 Å². The predicted molar refractivity (Wildman–Crippen MR) is 59.3 cm³/mol. The summed E-state index contributed by atoms with van der Waals surface area (Å²) in [6.45, 7) is 0.148. The lowest BCUT2D eigenvalue weighted by atomic mass is 10.2. The smallest absolute Gasteiger partial charge is 0.292 e. The molecule has 2 N–H and O–H groups in total. The Balaban J connectivity index is 2.30. The highest BCUT2D eigenvalue weighted by Crippen LogP contribution is 2.17. The van der Waals surface area contributed by atoms with Crippen molar-refractivity contribution in [3.8, 4) is 11.8 Å². The number of oxazole rings is 1. The molecule has 0 spiro atoms. The summed E-state index contributed by atoms with van der Waals surface area (Å²) in [4.78, 5) is 6.58. The largest absolute Gasteiger partial charge is 0.424 e. The van der Waals surface area contributed by atoms with Crippen molar-refractivity contribution in [3.63, 3.8) is 0 Å². The van der Waals surface area contributed by atoms with Gasteiger partial charge in [0.05, 0.1) is 6.54 Å². The SMILES string of the molecule is [N-]=[N+]=NCC#Cc1ccc2oc(N)nc2c1. The fourth-order valence-corrected chi connectivity index (χ4v) is 1.23. The highest BCUT2D eigenvalue weighted by atomic mass is 16.4. The average molecular weight is 213 g/mol. The van der Waals surface area contributed by atoms with Crippen LogP contribution in [0.2, 0.25) is 0 Å². The number of benzene rings is 1. The van der Waals surface area contributed by atoms with Crippen LogP contribution in [0, 0.1) is 11.8 Å². The number of aromatic nitrogens is 1. The quantitative estimate of drug-likeness (QED) is 0.339. The minimum Gasteiger partial charge on any atom is -0.424 e. The van der Waals surface area contributed by atoms with Gasteiger partial charge in [0, 0.05) is 10.5 Å². The van der Waals surface area contributed by atoms with Crippen molar-refractivity contribution in [2.24, 2.45) is 5.11 Å². The Morgan fingerprint density at radius 2 is 2.44 bits per heavy atom. The highest BCUT2D eigenvalue weighted by Gasteiger charge is 2.01. The molecule has 0 aliphatic rings. The van der Waals surface area contributed by atoms with E-state index in [1.54, 1.807) is 18.2 Å². The number of azide groups is 1. The molecule has 0 saturated carbocycles. The maximum absolute atomic E-state index is 8.06. The summed E-state index contributed by atoms with van der Waals surface area (Å²) in [7, 11) is 0. The normalized spacial score (nSPS) is 9.25. The molecule has 1 heterocycles. The van der Waals surface area contributed by atoms with Gasteiger partial charge >= 0.3 is 0 Å². The lowest BCUT2D eigenvalue weighted by molar-refractivity contribution is 0.626. The van der Waals surface area contributed by atoms with Gasteiger partial charge in [-0.2, -0.15) is 4.98 Å². The van der Waals surface area contributed by atoms with Crippen LogP contribution in [0.15, 0.2) is 27.7 Å². The van der Waals surface area contributed by atoms with Crippen LogP contribution in [0.5, 0.6) is 0 Å². The Morgan fingerprint density at radius 1 is 1.56 bits per heavy atom. The molecule has 0 amide bonds. The molecule has 2 rings (SSSR count). The van der Waals surface area contributed by atoms with Crippen LogP contribution in [0.4, 0.5) is 6.01 Å². The minimum absolute atomic E-state index is 0.134. The summed E-state index contributed by atoms with van der Waals surface area (Å²) in [5.41, 5.74) is 15.5. The second-order valence-electron chi connectivity index (χ2n) is 2.93. The first-order chi connectivity index (χ1) is 7.79. The third-order valence-electron chi connectivity index (χ3n) is 1.85. The molecule has 0 saturated heterocycles. The topological polar surface area (TPSA) is 101 Å². The predicted octanol–water partition coefficient (Wildman–Crippen LogP) is 2.07. The molecule has 6 nitrogen and oxygen atoms in total. The molecule has 16 heavy (non-hydrogen) atoms. The Hall–Kier alpha value is -2.64. The van der Waals surface area contributed by atoms with E-state index in [-0.39, 0.29) is 12.6 Å². The number of hydrogen-bond donors (Lipinski definition) is 1. The number of rotatable bonds is 1. The van der Waals surface area contributed by atoms with E-state index in [4.69, 9.17) is 15.7 Å². The van der Waals surface area contributed by atoms with Gasteiger partial charge in [0.2, 0.25) is 0 Å². The van der Waals surface area contributed by atoms with Crippen molar-refractivity contribution in [2.75, 3.05) is 12.3 Å². The molecule has 1 aromatic carbocycles. The van der Waals surface area contributed by atoms with Gasteiger partial charge in [-0.25, -0.2) is 0 Å². The van der Waals surface area contributed by atoms with Crippen LogP contribution < -0.4 is 5.73 Å². The lowest BCUT2D eigenvalue weighted by Gasteiger charge is -1.88. The van der Waals surface area contributed by atoms with Gasteiger partial charge in [0.25, 0.3) is 6.01 Å². The zero-order valence-electron chi connectivity index (χ0n) is 8.21. The third kappa shape index (κ3) is 2.05. The van der Waals surface area contributed by atoms with E-state index >= 15 is 0 Å². The Kier molecular flexibility index (Phi) is 2.63. The Labute approximate surface area is 90.7 Å². The van der Waals surface area contributed by atoms with E-state index in [9.17, 15) is 0 Å². The van der Waals surface area contributed by atoms with E-state index in [1.807, 2.05) is 0 Å². The Morgan fingerprint density at radius 3 is 3.25 bits per heavy atom. The fraction of sp³-hybridized carbons (Fsp3) is 0.100. The van der Waals surface area contributed by atoms with Crippen molar-refractivity contribution in [3.05, 3.63) is 34.2 Å². The van der Waals surface area contributed by atoms with Gasteiger partial charge in [-0.05, 0) is 23.7 Å². The molecule has 0 aliphatic heterocycles. The van der Waals surface area contributed by atoms with Crippen LogP contribution in [-0.4, -0.2) is 11.5 Å². The summed E-state index contributed by atoms with van der Waals surface area (Å²) >= 11 is 0. The van der Waals surface area contributed by atoms with Gasteiger partial charge in [-0.3, -0.25) is 0 Å². The summed E-state index contributed by atoms with van der Waals surface area (Å²) in [5.74, 6) is 5.56. The molecule has 0 radical (unpaired) electrons. The number of nitrogen functional groups attached to an aromatic ring is 1. The monoisotopic (exact) mass is 213 g/mol. The molecule has 1 aromatic heterocycles. The summed E-state index contributed by atoms with van der Waals surface area (Å²) in [6, 6.07) is 5.43. The molecule has 2 aromatic rings. The number of nitrogens with zero attached hydrogens (tertiary/aromatic N) is 4. The van der Waals surface area contributed by atoms with Crippen LogP contribution in [0.1, 0.15) is 5.56 Å². The van der Waals surface area contributed by atoms with E-state index in [2.05, 4.69) is 26.9 Å². The highest BCUT2D eigenvalue weighted by molar-refractivity contribution is 5.76. The first-order valence-corrected chi connectivity index (χ1v) is 4.45. The van der Waals surface area contributed by atoms with E-state index in [0.717, 1.165) is 5.56 Å². The average Bonchev–Trinajstić information content (AvgIpc) is 2.64. The van der Waals surface area contributed by atoms with Crippen molar-refractivity contribution in [1.82, 2.24) is 4.98 Å². The molecule has 0 atom stereocenters. The van der Waals surface area contributed by atoms with Crippen molar-refractivity contribution >= 4 is 17.1 Å². The second kappa shape index (κ2) is 4.26. The number of anilines is 1. The maximum atomic E-state index is 8.06. The first-order valence-electron chi connectivity index (χ1n) is 4.45. The lowest BCUT2D eigenvalue weighted by Crippen LogP contribution is -1.80. The summed E-state index contributed by atoms with van der Waals surface area (Å²) in [5, 5.41) is 3.31. The molecule has 0 aliphatic carbocycles. The fourth-order valence-electron chi connectivity index (χ4n) is 1.23. The van der Waals surface area contributed by atoms with Crippen molar-refractivity contribution in [2.45, 2.75) is 0 Å². The summed E-state index contributed by atoms with van der Waals surface area (Å²) < 4.78 is 5.12. The van der Waals surface area contributed by atoms with Crippen LogP contribution in [0.25, 0.3) is 21.5 Å². The van der Waals surface area contributed by atoms with Crippen LogP contribution >= 0.6 is 0 Å². The molecule has 6 heteroatoms. The van der Waals surface area contributed by atoms with Gasteiger partial charge in [-0.1, -0.05) is 17.0 Å². The van der Waals surface area contributed by atoms with Crippen molar-refractivity contribution < 1.29 is 4.42 Å². The zero-order chi connectivity index (χ0) is 11.4. The van der Waals surface area contributed by atoms with Crippen LogP contribution in [0.3, 0.4) is 0 Å². The molecule has 0 fully saturated rings. The second-order valence-corrected chi connectivity index (χ2v) is 2.93. The zero-order valence-corrected chi connectivity index (χ0v) is 8.21. The number of fused-ring (bicyclic) bond motifs is 1. The third-order valence-corrected chi connectivity index (χ3v) is 1.85. The van der Waals surface area contributed by atoms with Crippen LogP contribution in [-0.2, 0) is 0 Å². The van der Waals surface area contributed by atoms with Gasteiger partial charge < -0.3 is 10.2 Å². The van der Waals surface area contributed by atoms with Gasteiger partial charge in [0.15, 0.2) is 5.58 Å². The Bertz CT molecular complexity index is 627. The number of hydrogen-bond acceptors (Lipinski definition) is 4. The van der Waals surface area contributed by atoms with Gasteiger partial charge in [0.1, 0.15) is 5.52 Å². The molecular weight excluding hydrogens is 206 g/mol. The van der Waals surface area contributed by atoms with E-state index in [1.165, 1.54) is 0 Å².